The predicted molar refractivity (Wildman–Crippen MR) is 47.1 cm³/mol. The van der Waals surface area contributed by atoms with Gasteiger partial charge in [0.05, 0.1) is 6.61 Å². The van der Waals surface area contributed by atoms with E-state index in [0.717, 1.165) is 0 Å². The molecule has 13 heavy (non-hydrogen) atoms. The summed E-state index contributed by atoms with van der Waals surface area (Å²) >= 11 is 2.93. The van der Waals surface area contributed by atoms with Crippen LogP contribution in [0, 0.1) is 0 Å². The lowest BCUT2D eigenvalue weighted by Gasteiger charge is -2.33. The molecule has 0 heterocycles. The first-order valence-corrected chi connectivity index (χ1v) is 4.51. The van der Waals surface area contributed by atoms with Crippen LogP contribution in [0.3, 0.4) is 0 Å². The first-order chi connectivity index (χ1) is 6.00. The lowest BCUT2D eigenvalue weighted by Crippen LogP contribution is -2.50. The van der Waals surface area contributed by atoms with Gasteiger partial charge in [-0.05, 0) is 5.57 Å². The summed E-state index contributed by atoms with van der Waals surface area (Å²) in [4.78, 5) is 0. The van der Waals surface area contributed by atoms with Crippen LogP contribution in [0.1, 0.15) is 0 Å². The molecule has 0 radical (unpaired) electrons. The highest BCUT2D eigenvalue weighted by molar-refractivity contribution is 9.11. The molecule has 0 amide bonds. The second-order valence-electron chi connectivity index (χ2n) is 2.90. The quantitative estimate of drug-likeness (QED) is 0.376. The second-order valence-corrected chi connectivity index (χ2v) is 3.76. The van der Waals surface area contributed by atoms with Gasteiger partial charge >= 0.3 is 0 Å². The average Bonchev–Trinajstić information content (AvgIpc) is 2.13. The van der Waals surface area contributed by atoms with Crippen LogP contribution in [0.15, 0.2) is 10.1 Å². The van der Waals surface area contributed by atoms with E-state index in [-0.39, 0.29) is 10.1 Å². The Labute approximate surface area is 83.1 Å². The predicted octanol–water partition coefficient (Wildman–Crippen LogP) is -1.92. The van der Waals surface area contributed by atoms with Crippen LogP contribution in [0.2, 0.25) is 0 Å². The fourth-order valence-electron chi connectivity index (χ4n) is 1.23. The molecule has 0 aromatic rings. The van der Waals surface area contributed by atoms with Crippen LogP contribution in [-0.2, 0) is 0 Å². The summed E-state index contributed by atoms with van der Waals surface area (Å²) in [7, 11) is 0. The number of rotatable bonds is 1. The van der Waals surface area contributed by atoms with E-state index >= 15 is 0 Å². The first-order valence-electron chi connectivity index (χ1n) is 3.72. The fraction of sp³-hybridized carbons (Fsp3) is 0.714. The number of aliphatic hydroxyl groups excluding tert-OH is 5. The molecular formula is C7H11BrO5. The summed E-state index contributed by atoms with van der Waals surface area (Å²) in [5, 5.41) is 45.8. The van der Waals surface area contributed by atoms with Crippen molar-refractivity contribution in [3.63, 3.8) is 0 Å². The van der Waals surface area contributed by atoms with E-state index in [9.17, 15) is 20.4 Å². The Bertz CT molecular complexity index is 229. The molecule has 5 nitrogen and oxygen atoms in total. The average molecular weight is 255 g/mol. The van der Waals surface area contributed by atoms with Gasteiger partial charge in [-0.3, -0.25) is 0 Å². The Hall–Kier alpha value is 0.0200. The van der Waals surface area contributed by atoms with E-state index < -0.39 is 31.0 Å². The smallest absolute Gasteiger partial charge is 0.114 e. The van der Waals surface area contributed by atoms with E-state index in [1.165, 1.54) is 0 Å². The number of hydrogen-bond donors (Lipinski definition) is 5. The van der Waals surface area contributed by atoms with E-state index in [0.29, 0.717) is 0 Å². The number of halogens is 1. The maximum atomic E-state index is 9.33. The largest absolute Gasteiger partial charge is 0.392 e. The normalized spacial score (nSPS) is 41.1. The monoisotopic (exact) mass is 254 g/mol. The van der Waals surface area contributed by atoms with Gasteiger partial charge < -0.3 is 25.5 Å². The zero-order valence-corrected chi connectivity index (χ0v) is 8.22. The molecule has 1 aliphatic rings. The van der Waals surface area contributed by atoms with E-state index in [1.807, 2.05) is 0 Å². The number of hydrogen-bond acceptors (Lipinski definition) is 5. The van der Waals surface area contributed by atoms with Gasteiger partial charge in [0.1, 0.15) is 24.4 Å². The van der Waals surface area contributed by atoms with E-state index in [4.69, 9.17) is 5.11 Å². The Morgan fingerprint density at radius 2 is 1.46 bits per heavy atom. The van der Waals surface area contributed by atoms with Crippen molar-refractivity contribution in [2.45, 2.75) is 24.4 Å². The summed E-state index contributed by atoms with van der Waals surface area (Å²) in [5.41, 5.74) is 0.0882. The van der Waals surface area contributed by atoms with Gasteiger partial charge in [-0.1, -0.05) is 15.9 Å². The van der Waals surface area contributed by atoms with Gasteiger partial charge in [0.2, 0.25) is 0 Å². The third-order valence-corrected chi connectivity index (χ3v) is 3.07. The summed E-state index contributed by atoms with van der Waals surface area (Å²) in [5.74, 6) is 0. The van der Waals surface area contributed by atoms with E-state index in [2.05, 4.69) is 15.9 Å². The molecule has 0 saturated carbocycles. The maximum Gasteiger partial charge on any atom is 0.114 e. The van der Waals surface area contributed by atoms with Gasteiger partial charge in [-0.25, -0.2) is 0 Å². The summed E-state index contributed by atoms with van der Waals surface area (Å²) in [6.45, 7) is -0.484. The van der Waals surface area contributed by atoms with Gasteiger partial charge in [-0.2, -0.15) is 0 Å². The lowest BCUT2D eigenvalue weighted by atomic mass is 9.90. The molecule has 0 aromatic carbocycles. The summed E-state index contributed by atoms with van der Waals surface area (Å²) in [6.07, 6.45) is -5.57. The third kappa shape index (κ3) is 1.78. The molecule has 4 atom stereocenters. The molecule has 0 aliphatic heterocycles. The molecular weight excluding hydrogens is 244 g/mol. The van der Waals surface area contributed by atoms with Crippen molar-refractivity contribution in [2.75, 3.05) is 6.61 Å². The maximum absolute atomic E-state index is 9.33. The Kier molecular flexibility index (Phi) is 3.44. The van der Waals surface area contributed by atoms with Gasteiger partial charge in [0, 0.05) is 4.48 Å². The van der Waals surface area contributed by atoms with Crippen molar-refractivity contribution in [2.24, 2.45) is 0 Å². The highest BCUT2D eigenvalue weighted by atomic mass is 79.9. The van der Waals surface area contributed by atoms with Crippen LogP contribution in [0.25, 0.3) is 0 Å². The summed E-state index contributed by atoms with van der Waals surface area (Å²) in [6, 6.07) is 0. The molecule has 1 rings (SSSR count). The van der Waals surface area contributed by atoms with Crippen LogP contribution in [0.5, 0.6) is 0 Å². The van der Waals surface area contributed by atoms with Crippen molar-refractivity contribution in [3.05, 3.63) is 10.1 Å². The van der Waals surface area contributed by atoms with Crippen LogP contribution in [0.4, 0.5) is 0 Å². The molecule has 0 fully saturated rings. The Morgan fingerprint density at radius 1 is 1.00 bits per heavy atom. The molecule has 0 spiro atoms. The highest BCUT2D eigenvalue weighted by Gasteiger charge is 2.40. The standard InChI is InChI=1S/C7H11BrO5/c8-3-2(1-9)4(10)6(12)7(13)5(3)11/h4-7,9-13H,1H2/t4-,5+,6+,7+/m1/s1. The van der Waals surface area contributed by atoms with Gasteiger partial charge in [0.25, 0.3) is 0 Å². The Morgan fingerprint density at radius 3 is 1.92 bits per heavy atom. The van der Waals surface area contributed by atoms with Crippen molar-refractivity contribution in [1.82, 2.24) is 0 Å². The minimum absolute atomic E-state index is 0.0882. The minimum Gasteiger partial charge on any atom is -0.392 e. The Balaban J connectivity index is 3.03. The van der Waals surface area contributed by atoms with E-state index in [1.54, 1.807) is 0 Å². The SMILES string of the molecule is OCC1=C(Br)[C@H](O)[C@H](O)[C@@H](O)[C@@H]1O. The van der Waals surface area contributed by atoms with Gasteiger partial charge in [0.15, 0.2) is 0 Å². The van der Waals surface area contributed by atoms with Crippen LogP contribution < -0.4 is 0 Å². The molecule has 1 aliphatic carbocycles. The topological polar surface area (TPSA) is 101 Å². The lowest BCUT2D eigenvalue weighted by molar-refractivity contribution is -0.0959. The van der Waals surface area contributed by atoms with Crippen molar-refractivity contribution in [1.29, 1.82) is 0 Å². The molecule has 6 heteroatoms. The van der Waals surface area contributed by atoms with Crippen LogP contribution >= 0.6 is 15.9 Å². The van der Waals surface area contributed by atoms with Gasteiger partial charge in [-0.15, -0.1) is 0 Å². The minimum atomic E-state index is -1.47. The molecule has 0 saturated heterocycles. The third-order valence-electron chi connectivity index (χ3n) is 2.09. The first kappa shape index (κ1) is 11.1. The van der Waals surface area contributed by atoms with Crippen molar-refractivity contribution >= 4 is 15.9 Å². The summed E-state index contributed by atoms with van der Waals surface area (Å²) < 4.78 is 0.125. The number of aliphatic hydroxyl groups is 5. The fourth-order valence-corrected chi connectivity index (χ4v) is 1.86. The molecule has 0 unspecified atom stereocenters. The highest BCUT2D eigenvalue weighted by Crippen LogP contribution is 2.29. The molecule has 0 bridgehead atoms. The zero-order valence-electron chi connectivity index (χ0n) is 6.63. The molecule has 5 N–H and O–H groups in total. The second kappa shape index (κ2) is 4.04. The molecule has 76 valence electrons. The van der Waals surface area contributed by atoms with Crippen molar-refractivity contribution in [3.8, 4) is 0 Å². The zero-order chi connectivity index (χ0) is 10.2. The molecule has 0 aromatic heterocycles. The van der Waals surface area contributed by atoms with Crippen molar-refractivity contribution < 1.29 is 25.5 Å². The van der Waals surface area contributed by atoms with Crippen LogP contribution in [-0.4, -0.2) is 56.6 Å².